The predicted octanol–water partition coefficient (Wildman–Crippen LogP) is 4.42. The van der Waals surface area contributed by atoms with Gasteiger partial charge in [-0.25, -0.2) is 9.78 Å². The average molecular weight is 569 g/mol. The van der Waals surface area contributed by atoms with Crippen LogP contribution in [0.1, 0.15) is 26.6 Å². The lowest BCUT2D eigenvalue weighted by Gasteiger charge is -2.04. The molecule has 4 rings (SSSR count). The van der Waals surface area contributed by atoms with Gasteiger partial charge in [0.1, 0.15) is 24.3 Å². The lowest BCUT2D eigenvalue weighted by Crippen LogP contribution is -2.11. The second kappa shape index (κ2) is 8.65. The molecule has 3 heterocycles. The summed E-state index contributed by atoms with van der Waals surface area (Å²) in [5.41, 5.74) is 0.600. The molecule has 0 radical (unpaired) electrons. The Bertz CT molecular complexity index is 1360. The second-order valence-corrected chi connectivity index (χ2v) is 8.85. The lowest BCUT2D eigenvalue weighted by atomic mass is 10.2. The van der Waals surface area contributed by atoms with E-state index in [-0.39, 0.29) is 23.8 Å². The Morgan fingerprint density at radius 1 is 1.26 bits per heavy atom. The van der Waals surface area contributed by atoms with Crippen molar-refractivity contribution in [1.29, 1.82) is 0 Å². The number of amides is 1. The molecule has 9 nitrogen and oxygen atoms in total. The molecule has 0 saturated heterocycles. The molecule has 31 heavy (non-hydrogen) atoms. The Hall–Kier alpha value is -2.96. The number of halogens is 2. The molecule has 0 saturated carbocycles. The van der Waals surface area contributed by atoms with Gasteiger partial charge in [0, 0.05) is 6.07 Å². The summed E-state index contributed by atoms with van der Waals surface area (Å²) < 4.78 is 12.2. The molecule has 1 aromatic carbocycles. The molecule has 0 spiro atoms. The number of benzene rings is 1. The molecule has 0 aliphatic rings. The largest absolute Gasteiger partial charge is 0.502 e. The van der Waals surface area contributed by atoms with Crippen LogP contribution in [0.25, 0.3) is 10.2 Å². The van der Waals surface area contributed by atoms with Gasteiger partial charge in [0.05, 0.1) is 24.9 Å². The van der Waals surface area contributed by atoms with Crippen LogP contribution in [0, 0.1) is 0 Å². The number of nitrogens with zero attached hydrogens (tertiary/aromatic N) is 1. The second-order valence-electron chi connectivity index (χ2n) is 6.17. The number of aromatic hydroxyl groups is 1. The van der Waals surface area contributed by atoms with E-state index in [4.69, 9.17) is 9.15 Å². The topological polar surface area (TPSA) is 135 Å². The first-order valence-corrected chi connectivity index (χ1v) is 10.9. The van der Waals surface area contributed by atoms with Crippen molar-refractivity contribution in [1.82, 2.24) is 9.97 Å². The minimum Gasteiger partial charge on any atom is -0.502 e. The molecule has 0 unspecified atom stereocenters. The molecule has 0 aliphatic carbocycles. The number of rotatable bonds is 5. The van der Waals surface area contributed by atoms with Crippen LogP contribution in [-0.4, -0.2) is 27.0 Å². The van der Waals surface area contributed by atoms with E-state index in [0.29, 0.717) is 25.6 Å². The standard InChI is InChI=1S/C19H11Br2N3O6S/c20-10-5-12(22-16(10)21)17(27)24-19-23-11-2-1-8(3-15(11)31-19)18(28)30-6-9-4-13(25)14(26)7-29-9/h1-5,7,22,26H,6H2,(H,23,24,27). The monoisotopic (exact) mass is 567 g/mol. The number of hydrogen-bond acceptors (Lipinski definition) is 8. The van der Waals surface area contributed by atoms with Crippen molar-refractivity contribution in [3.63, 3.8) is 0 Å². The molecular formula is C19H11Br2N3O6S. The van der Waals surface area contributed by atoms with Gasteiger partial charge in [-0.2, -0.15) is 0 Å². The summed E-state index contributed by atoms with van der Waals surface area (Å²) in [5.74, 6) is -1.41. The molecule has 0 bridgehead atoms. The molecule has 0 atom stereocenters. The Morgan fingerprint density at radius 3 is 2.77 bits per heavy atom. The molecular weight excluding hydrogens is 558 g/mol. The molecule has 158 valence electrons. The number of anilines is 1. The van der Waals surface area contributed by atoms with Crippen molar-refractivity contribution in [2.75, 3.05) is 5.32 Å². The van der Waals surface area contributed by atoms with E-state index in [0.717, 1.165) is 16.8 Å². The van der Waals surface area contributed by atoms with Gasteiger partial charge < -0.3 is 19.2 Å². The Balaban J connectivity index is 1.46. The van der Waals surface area contributed by atoms with Gasteiger partial charge in [-0.15, -0.1) is 0 Å². The van der Waals surface area contributed by atoms with Gasteiger partial charge in [-0.05, 0) is 56.1 Å². The van der Waals surface area contributed by atoms with Gasteiger partial charge in [0.15, 0.2) is 10.9 Å². The normalized spacial score (nSPS) is 10.9. The first-order valence-electron chi connectivity index (χ1n) is 8.54. The zero-order valence-electron chi connectivity index (χ0n) is 15.3. The molecule has 3 N–H and O–H groups in total. The third kappa shape index (κ3) is 4.70. The Morgan fingerprint density at radius 2 is 2.06 bits per heavy atom. The lowest BCUT2D eigenvalue weighted by molar-refractivity contribution is 0.0443. The maximum absolute atomic E-state index is 12.4. The van der Waals surface area contributed by atoms with Crippen molar-refractivity contribution in [3.8, 4) is 5.75 Å². The van der Waals surface area contributed by atoms with Gasteiger partial charge in [-0.1, -0.05) is 11.3 Å². The summed E-state index contributed by atoms with van der Waals surface area (Å²) in [6.45, 7) is -0.266. The van der Waals surface area contributed by atoms with Crippen LogP contribution in [0.5, 0.6) is 5.75 Å². The maximum Gasteiger partial charge on any atom is 0.338 e. The highest BCUT2D eigenvalue weighted by atomic mass is 79.9. The highest BCUT2D eigenvalue weighted by Crippen LogP contribution is 2.28. The van der Waals surface area contributed by atoms with E-state index in [1.165, 1.54) is 11.3 Å². The summed E-state index contributed by atoms with van der Waals surface area (Å²) >= 11 is 7.79. The van der Waals surface area contributed by atoms with E-state index >= 15 is 0 Å². The quantitative estimate of drug-likeness (QED) is 0.303. The Kier molecular flexibility index (Phi) is 5.94. The van der Waals surface area contributed by atoms with Crippen LogP contribution >= 0.6 is 43.2 Å². The molecule has 0 aliphatic heterocycles. The number of nitrogens with one attached hydrogen (secondary N) is 2. The first kappa shape index (κ1) is 21.3. The van der Waals surface area contributed by atoms with Crippen LogP contribution in [0.15, 0.2) is 54.9 Å². The third-order valence-corrected chi connectivity index (χ3v) is 6.74. The van der Waals surface area contributed by atoms with Gasteiger partial charge in [0.25, 0.3) is 5.91 Å². The molecule has 1 amide bonds. The first-order chi connectivity index (χ1) is 14.8. The van der Waals surface area contributed by atoms with Crippen molar-refractivity contribution in [3.05, 3.63) is 72.9 Å². The highest BCUT2D eigenvalue weighted by molar-refractivity contribution is 9.13. The van der Waals surface area contributed by atoms with Crippen LogP contribution in [0.4, 0.5) is 5.13 Å². The summed E-state index contributed by atoms with van der Waals surface area (Å²) in [5, 5.41) is 12.3. The maximum atomic E-state index is 12.4. The van der Waals surface area contributed by atoms with Crippen molar-refractivity contribution < 1.29 is 23.8 Å². The van der Waals surface area contributed by atoms with E-state index in [1.54, 1.807) is 24.3 Å². The number of thiazole rings is 1. The van der Waals surface area contributed by atoms with Gasteiger partial charge in [-0.3, -0.25) is 14.9 Å². The number of hydrogen-bond donors (Lipinski definition) is 3. The summed E-state index contributed by atoms with van der Waals surface area (Å²) in [6.07, 6.45) is 0.884. The molecule has 4 aromatic rings. The zero-order chi connectivity index (χ0) is 22.1. The number of aromatic nitrogens is 2. The van der Waals surface area contributed by atoms with Crippen LogP contribution in [0.3, 0.4) is 0 Å². The fraction of sp³-hybridized carbons (Fsp3) is 0.0526. The van der Waals surface area contributed by atoms with E-state index < -0.39 is 17.1 Å². The van der Waals surface area contributed by atoms with Crippen molar-refractivity contribution in [2.24, 2.45) is 0 Å². The number of esters is 1. The predicted molar refractivity (Wildman–Crippen MR) is 120 cm³/mol. The number of carbonyl (C=O) groups excluding carboxylic acids is 2. The van der Waals surface area contributed by atoms with E-state index in [2.05, 4.69) is 47.1 Å². The number of fused-ring (bicyclic) bond motifs is 1. The molecule has 3 aromatic heterocycles. The summed E-state index contributed by atoms with van der Waals surface area (Å²) in [7, 11) is 0. The smallest absolute Gasteiger partial charge is 0.338 e. The third-order valence-electron chi connectivity index (χ3n) is 4.03. The average Bonchev–Trinajstić information content (AvgIpc) is 3.30. The Labute approximate surface area is 194 Å². The van der Waals surface area contributed by atoms with Gasteiger partial charge >= 0.3 is 5.97 Å². The fourth-order valence-electron chi connectivity index (χ4n) is 2.54. The highest BCUT2D eigenvalue weighted by Gasteiger charge is 2.15. The van der Waals surface area contributed by atoms with Gasteiger partial charge in [0.2, 0.25) is 5.43 Å². The van der Waals surface area contributed by atoms with Crippen molar-refractivity contribution in [2.45, 2.75) is 6.61 Å². The summed E-state index contributed by atoms with van der Waals surface area (Å²) in [4.78, 5) is 43.3. The summed E-state index contributed by atoms with van der Waals surface area (Å²) in [6, 6.07) is 7.46. The number of ether oxygens (including phenoxy) is 1. The zero-order valence-corrected chi connectivity index (χ0v) is 19.3. The number of H-pyrrole nitrogens is 1. The van der Waals surface area contributed by atoms with Crippen molar-refractivity contribution >= 4 is 70.4 Å². The minimum atomic E-state index is -0.628. The van der Waals surface area contributed by atoms with Crippen LogP contribution in [-0.2, 0) is 11.3 Å². The van der Waals surface area contributed by atoms with E-state index in [1.807, 2.05) is 0 Å². The number of aromatic amines is 1. The SMILES string of the molecule is O=C(OCc1cc(=O)c(O)co1)c1ccc2nc(NC(=O)c3cc(Br)c(Br)[nH]3)sc2c1. The minimum absolute atomic E-state index is 0.0996. The molecule has 12 heteroatoms. The van der Waals surface area contributed by atoms with Crippen LogP contribution < -0.4 is 10.7 Å². The van der Waals surface area contributed by atoms with Crippen LogP contribution in [0.2, 0.25) is 0 Å². The molecule has 0 fully saturated rings. The fourth-order valence-corrected chi connectivity index (χ4v) is 4.09. The number of carbonyl (C=O) groups is 2. The van der Waals surface area contributed by atoms with E-state index in [9.17, 15) is 19.5 Å².